The number of aliphatic hydroxyl groups is 1. The number of aryl methyl sites for hydroxylation is 1. The molecule has 1 unspecified atom stereocenters. The summed E-state index contributed by atoms with van der Waals surface area (Å²) in [4.78, 5) is -0.0319. The second-order valence-electron chi connectivity index (χ2n) is 3.36. The van der Waals surface area contributed by atoms with Crippen LogP contribution in [0, 0.1) is 30.6 Å². The van der Waals surface area contributed by atoms with Gasteiger partial charge in [0, 0.05) is 0 Å². The van der Waals surface area contributed by atoms with Gasteiger partial charge >= 0.3 is 0 Å². The molecule has 18 heavy (non-hydrogen) atoms. The van der Waals surface area contributed by atoms with Crippen molar-refractivity contribution >= 4 is 10.1 Å². The zero-order chi connectivity index (χ0) is 13.6. The molecule has 4 nitrogen and oxygen atoms in total. The van der Waals surface area contributed by atoms with Gasteiger partial charge in [-0.2, -0.15) is 8.42 Å². The SMILES string of the molecule is CC#CC#CC(O)OS(=O)(=O)c1ccc(C)cc1. The molecule has 1 aromatic rings. The summed E-state index contributed by atoms with van der Waals surface area (Å²) < 4.78 is 27.9. The van der Waals surface area contributed by atoms with E-state index in [2.05, 4.69) is 27.9 Å². The molecule has 0 aliphatic carbocycles. The van der Waals surface area contributed by atoms with E-state index in [0.717, 1.165) is 5.56 Å². The molecule has 0 radical (unpaired) electrons. The summed E-state index contributed by atoms with van der Waals surface area (Å²) in [5.41, 5.74) is 0.924. The first kappa shape index (κ1) is 14.3. The van der Waals surface area contributed by atoms with E-state index in [9.17, 15) is 13.5 Å². The summed E-state index contributed by atoms with van der Waals surface area (Å²) >= 11 is 0. The summed E-state index contributed by atoms with van der Waals surface area (Å²) in [6, 6.07) is 6.07. The highest BCUT2D eigenvalue weighted by Gasteiger charge is 2.18. The van der Waals surface area contributed by atoms with Crippen molar-refractivity contribution in [1.82, 2.24) is 0 Å². The molecule has 0 heterocycles. The fourth-order valence-electron chi connectivity index (χ4n) is 1.06. The largest absolute Gasteiger partial charge is 0.357 e. The zero-order valence-electron chi connectivity index (χ0n) is 9.97. The van der Waals surface area contributed by atoms with Gasteiger partial charge in [0.15, 0.2) is 0 Å². The van der Waals surface area contributed by atoms with Crippen molar-refractivity contribution in [2.24, 2.45) is 0 Å². The minimum Gasteiger partial charge on any atom is -0.357 e. The molecule has 0 saturated carbocycles. The van der Waals surface area contributed by atoms with Crippen LogP contribution in [0.4, 0.5) is 0 Å². The van der Waals surface area contributed by atoms with Crippen LogP contribution in [0.5, 0.6) is 0 Å². The van der Waals surface area contributed by atoms with Crippen LogP contribution < -0.4 is 0 Å². The van der Waals surface area contributed by atoms with Crippen molar-refractivity contribution in [3.05, 3.63) is 29.8 Å². The summed E-state index contributed by atoms with van der Waals surface area (Å²) in [5, 5.41) is 9.28. The van der Waals surface area contributed by atoms with Crippen LogP contribution in [0.1, 0.15) is 12.5 Å². The van der Waals surface area contributed by atoms with Crippen molar-refractivity contribution in [3.63, 3.8) is 0 Å². The quantitative estimate of drug-likeness (QED) is 0.503. The van der Waals surface area contributed by atoms with E-state index in [1.54, 1.807) is 19.1 Å². The summed E-state index contributed by atoms with van der Waals surface area (Å²) in [5.74, 6) is 9.27. The Morgan fingerprint density at radius 3 is 2.39 bits per heavy atom. The highest BCUT2D eigenvalue weighted by atomic mass is 32.2. The molecule has 5 heteroatoms. The fourth-order valence-corrected chi connectivity index (χ4v) is 1.93. The average molecular weight is 264 g/mol. The van der Waals surface area contributed by atoms with E-state index < -0.39 is 16.4 Å². The van der Waals surface area contributed by atoms with Crippen LogP contribution in [0.25, 0.3) is 0 Å². The lowest BCUT2D eigenvalue weighted by Crippen LogP contribution is -2.16. The van der Waals surface area contributed by atoms with E-state index in [-0.39, 0.29) is 4.90 Å². The smallest absolute Gasteiger partial charge is 0.300 e. The van der Waals surface area contributed by atoms with E-state index in [1.165, 1.54) is 12.1 Å². The Kier molecular flexibility index (Phi) is 4.94. The van der Waals surface area contributed by atoms with Gasteiger partial charge in [0.05, 0.1) is 4.90 Å². The van der Waals surface area contributed by atoms with Crippen LogP contribution in [-0.4, -0.2) is 19.8 Å². The second-order valence-corrected chi connectivity index (χ2v) is 4.93. The van der Waals surface area contributed by atoms with Gasteiger partial charge in [0.1, 0.15) is 0 Å². The van der Waals surface area contributed by atoms with E-state index in [1.807, 2.05) is 6.92 Å². The van der Waals surface area contributed by atoms with Gasteiger partial charge in [-0.1, -0.05) is 23.6 Å². The Hall–Kier alpha value is -1.79. The molecule has 0 aliphatic rings. The van der Waals surface area contributed by atoms with E-state index in [0.29, 0.717) is 0 Å². The van der Waals surface area contributed by atoms with Crippen molar-refractivity contribution in [3.8, 4) is 23.7 Å². The van der Waals surface area contributed by atoms with Crippen LogP contribution >= 0.6 is 0 Å². The summed E-state index contributed by atoms with van der Waals surface area (Å²) in [6.07, 6.45) is -1.72. The fraction of sp³-hybridized carbons (Fsp3) is 0.231. The van der Waals surface area contributed by atoms with Gasteiger partial charge in [0.2, 0.25) is 6.29 Å². The summed E-state index contributed by atoms with van der Waals surface area (Å²) in [6.45, 7) is 3.41. The van der Waals surface area contributed by atoms with Gasteiger partial charge in [-0.25, -0.2) is 4.18 Å². The average Bonchev–Trinajstić information content (AvgIpc) is 2.29. The third-order valence-electron chi connectivity index (χ3n) is 1.91. The Bertz CT molecular complexity index is 622. The molecule has 1 aromatic carbocycles. The van der Waals surface area contributed by atoms with Gasteiger partial charge in [0.25, 0.3) is 10.1 Å². The first-order valence-corrected chi connectivity index (χ1v) is 6.47. The molecule has 0 aliphatic heterocycles. The predicted molar refractivity (Wildman–Crippen MR) is 66.7 cm³/mol. The van der Waals surface area contributed by atoms with Gasteiger partial charge in [-0.3, -0.25) is 0 Å². The highest BCUT2D eigenvalue weighted by molar-refractivity contribution is 7.86. The molecular formula is C13H12O4S. The lowest BCUT2D eigenvalue weighted by Gasteiger charge is -2.06. The Morgan fingerprint density at radius 1 is 1.22 bits per heavy atom. The Balaban J connectivity index is 2.85. The van der Waals surface area contributed by atoms with Crippen molar-refractivity contribution in [2.75, 3.05) is 0 Å². The zero-order valence-corrected chi connectivity index (χ0v) is 10.8. The molecular weight excluding hydrogens is 252 g/mol. The molecule has 0 aromatic heterocycles. The first-order valence-electron chi connectivity index (χ1n) is 5.06. The molecule has 1 N–H and O–H groups in total. The molecule has 0 spiro atoms. The minimum atomic E-state index is -4.01. The number of hydrogen-bond donors (Lipinski definition) is 1. The maximum Gasteiger partial charge on any atom is 0.300 e. The molecule has 0 saturated heterocycles. The maximum absolute atomic E-state index is 11.7. The number of benzene rings is 1. The van der Waals surface area contributed by atoms with Crippen LogP contribution in [0.3, 0.4) is 0 Å². The topological polar surface area (TPSA) is 63.6 Å². The Morgan fingerprint density at radius 2 is 1.83 bits per heavy atom. The minimum absolute atomic E-state index is 0.0319. The normalized spacial score (nSPS) is 11.7. The van der Waals surface area contributed by atoms with Crippen LogP contribution in [0.2, 0.25) is 0 Å². The number of hydrogen-bond acceptors (Lipinski definition) is 4. The third kappa shape index (κ3) is 4.23. The van der Waals surface area contributed by atoms with Gasteiger partial charge in [-0.05, 0) is 43.7 Å². The van der Waals surface area contributed by atoms with E-state index in [4.69, 9.17) is 0 Å². The number of aliphatic hydroxyl groups excluding tert-OH is 1. The lowest BCUT2D eigenvalue weighted by molar-refractivity contribution is 0.0392. The highest BCUT2D eigenvalue weighted by Crippen LogP contribution is 2.14. The summed E-state index contributed by atoms with van der Waals surface area (Å²) in [7, 11) is -4.01. The molecule has 94 valence electrons. The standard InChI is InChI=1S/C13H12O4S/c1-3-4-5-6-13(14)17-18(15,16)12-9-7-11(2)8-10-12/h7-10,13-14H,1-2H3. The maximum atomic E-state index is 11.7. The van der Waals surface area contributed by atoms with Crippen molar-refractivity contribution < 1.29 is 17.7 Å². The van der Waals surface area contributed by atoms with Gasteiger partial charge in [-0.15, -0.1) is 0 Å². The van der Waals surface area contributed by atoms with Crippen molar-refractivity contribution in [1.29, 1.82) is 0 Å². The monoisotopic (exact) mass is 264 g/mol. The molecule has 0 amide bonds. The Labute approximate surface area is 107 Å². The van der Waals surface area contributed by atoms with Crippen molar-refractivity contribution in [2.45, 2.75) is 25.0 Å². The second kappa shape index (κ2) is 6.23. The molecule has 0 fully saturated rings. The van der Waals surface area contributed by atoms with E-state index >= 15 is 0 Å². The third-order valence-corrected chi connectivity index (χ3v) is 3.20. The predicted octanol–water partition coefficient (Wildman–Crippen LogP) is 1.05. The van der Waals surface area contributed by atoms with Gasteiger partial charge < -0.3 is 5.11 Å². The lowest BCUT2D eigenvalue weighted by atomic mass is 10.2. The van der Waals surface area contributed by atoms with Crippen LogP contribution in [-0.2, 0) is 14.3 Å². The molecule has 1 rings (SSSR count). The van der Waals surface area contributed by atoms with Crippen LogP contribution in [0.15, 0.2) is 29.2 Å². The molecule has 0 bridgehead atoms. The first-order chi connectivity index (χ1) is 8.45. The molecule has 1 atom stereocenters. The number of rotatable bonds is 3.